The Balaban J connectivity index is 1.39. The van der Waals surface area contributed by atoms with Crippen molar-refractivity contribution in [3.63, 3.8) is 0 Å². The van der Waals surface area contributed by atoms with Gasteiger partial charge in [-0.3, -0.25) is 0 Å². The van der Waals surface area contributed by atoms with Gasteiger partial charge in [0.15, 0.2) is 0 Å². The Morgan fingerprint density at radius 1 is 1.21 bits per heavy atom. The molecule has 2 bridgehead atoms. The van der Waals surface area contributed by atoms with E-state index in [9.17, 15) is 0 Å². The number of rotatable bonds is 5. The number of hydrogen-bond acceptors (Lipinski definition) is 3. The zero-order valence-corrected chi connectivity index (χ0v) is 11.9. The van der Waals surface area contributed by atoms with E-state index in [-0.39, 0.29) is 0 Å². The summed E-state index contributed by atoms with van der Waals surface area (Å²) in [5, 5.41) is 7.23. The zero-order valence-electron chi connectivity index (χ0n) is 11.9. The van der Waals surface area contributed by atoms with Crippen LogP contribution in [0.3, 0.4) is 0 Å². The molecule has 1 atom stereocenters. The second-order valence-electron chi connectivity index (χ2n) is 5.99. The summed E-state index contributed by atoms with van der Waals surface area (Å²) in [6.45, 7) is 8.11. The van der Waals surface area contributed by atoms with Gasteiger partial charge in [-0.1, -0.05) is 12.1 Å². The van der Waals surface area contributed by atoms with Crippen molar-refractivity contribution in [3.8, 4) is 0 Å². The topological polar surface area (TPSA) is 27.3 Å². The van der Waals surface area contributed by atoms with Crippen molar-refractivity contribution in [2.75, 3.05) is 38.0 Å². The number of fused-ring (bicyclic) bond motifs is 3. The first-order valence-corrected chi connectivity index (χ1v) is 7.57. The highest BCUT2D eigenvalue weighted by atomic mass is 15.2. The number of nitrogens with one attached hydrogen (secondary N) is 2. The Kier molecular flexibility index (Phi) is 4.04. The molecule has 1 aromatic rings. The molecule has 3 nitrogen and oxygen atoms in total. The highest BCUT2D eigenvalue weighted by Gasteiger charge is 2.33. The molecule has 3 saturated heterocycles. The molecule has 0 aliphatic carbocycles. The molecule has 104 valence electrons. The molecule has 0 amide bonds. The van der Waals surface area contributed by atoms with Crippen LogP contribution in [0.15, 0.2) is 24.3 Å². The maximum atomic E-state index is 3.73. The van der Waals surface area contributed by atoms with Gasteiger partial charge in [0.1, 0.15) is 0 Å². The smallest absolute Gasteiger partial charge is 0.0343 e. The molecule has 0 saturated carbocycles. The van der Waals surface area contributed by atoms with Gasteiger partial charge in [0.05, 0.1) is 0 Å². The summed E-state index contributed by atoms with van der Waals surface area (Å²) >= 11 is 0. The summed E-state index contributed by atoms with van der Waals surface area (Å²) in [6.07, 6.45) is 2.78. The third-order valence-electron chi connectivity index (χ3n) is 4.53. The van der Waals surface area contributed by atoms with Crippen LogP contribution in [0.25, 0.3) is 0 Å². The van der Waals surface area contributed by atoms with Gasteiger partial charge in [-0.05, 0) is 56.5 Å². The van der Waals surface area contributed by atoms with Crippen LogP contribution >= 0.6 is 0 Å². The molecule has 3 fully saturated rings. The largest absolute Gasteiger partial charge is 0.384 e. The third-order valence-corrected chi connectivity index (χ3v) is 4.53. The molecule has 3 aliphatic heterocycles. The summed E-state index contributed by atoms with van der Waals surface area (Å²) in [5.74, 6) is 0.920. The maximum absolute atomic E-state index is 3.73. The summed E-state index contributed by atoms with van der Waals surface area (Å²) < 4.78 is 0. The van der Waals surface area contributed by atoms with Crippen LogP contribution in [-0.2, 0) is 0 Å². The van der Waals surface area contributed by atoms with Gasteiger partial charge in [-0.15, -0.1) is 0 Å². The van der Waals surface area contributed by atoms with E-state index in [0.29, 0.717) is 0 Å². The van der Waals surface area contributed by atoms with Gasteiger partial charge < -0.3 is 15.5 Å². The van der Waals surface area contributed by atoms with Gasteiger partial charge in [0, 0.05) is 31.4 Å². The SMILES string of the molecule is Cc1cccc(NCCNC2CN3CCC2CC3)c1. The zero-order chi connectivity index (χ0) is 13.1. The van der Waals surface area contributed by atoms with Gasteiger partial charge >= 0.3 is 0 Å². The molecule has 2 N–H and O–H groups in total. The first kappa shape index (κ1) is 12.9. The minimum Gasteiger partial charge on any atom is -0.384 e. The summed E-state index contributed by atoms with van der Waals surface area (Å²) in [6, 6.07) is 9.31. The van der Waals surface area contributed by atoms with E-state index in [1.165, 1.54) is 43.7 Å². The fourth-order valence-corrected chi connectivity index (χ4v) is 3.42. The molecule has 0 radical (unpaired) electrons. The number of benzene rings is 1. The Morgan fingerprint density at radius 2 is 2.05 bits per heavy atom. The number of aryl methyl sites for hydroxylation is 1. The van der Waals surface area contributed by atoms with Crippen molar-refractivity contribution >= 4 is 5.69 Å². The molecule has 1 unspecified atom stereocenters. The van der Waals surface area contributed by atoms with Gasteiger partial charge in [-0.2, -0.15) is 0 Å². The standard InChI is InChI=1S/C16H25N3/c1-13-3-2-4-15(11-13)17-7-8-18-16-12-19-9-5-14(16)6-10-19/h2-4,11,14,16-18H,5-10,12H2,1H3. The summed E-state index contributed by atoms with van der Waals surface area (Å²) in [5.41, 5.74) is 2.55. The fraction of sp³-hybridized carbons (Fsp3) is 0.625. The van der Waals surface area contributed by atoms with Crippen molar-refractivity contribution in [3.05, 3.63) is 29.8 Å². The van der Waals surface area contributed by atoms with Gasteiger partial charge in [-0.25, -0.2) is 0 Å². The van der Waals surface area contributed by atoms with E-state index in [1.54, 1.807) is 0 Å². The fourth-order valence-electron chi connectivity index (χ4n) is 3.42. The Bertz CT molecular complexity index is 410. The minimum absolute atomic E-state index is 0.724. The molecule has 1 aromatic carbocycles. The number of anilines is 1. The maximum Gasteiger partial charge on any atom is 0.0343 e. The second kappa shape index (κ2) is 5.93. The van der Waals surface area contributed by atoms with Crippen molar-refractivity contribution in [2.24, 2.45) is 5.92 Å². The van der Waals surface area contributed by atoms with E-state index in [4.69, 9.17) is 0 Å². The molecule has 3 aliphatic rings. The monoisotopic (exact) mass is 259 g/mol. The predicted molar refractivity (Wildman–Crippen MR) is 80.6 cm³/mol. The molecule has 4 rings (SSSR count). The quantitative estimate of drug-likeness (QED) is 0.793. The van der Waals surface area contributed by atoms with E-state index in [0.717, 1.165) is 25.0 Å². The molecule has 3 heterocycles. The van der Waals surface area contributed by atoms with Crippen LogP contribution in [0.2, 0.25) is 0 Å². The van der Waals surface area contributed by atoms with E-state index in [1.807, 2.05) is 0 Å². The molecule has 19 heavy (non-hydrogen) atoms. The lowest BCUT2D eigenvalue weighted by Gasteiger charge is -2.45. The number of nitrogens with zero attached hydrogens (tertiary/aromatic N) is 1. The molecular formula is C16H25N3. The average Bonchev–Trinajstić information content (AvgIpc) is 2.45. The highest BCUT2D eigenvalue weighted by molar-refractivity contribution is 5.45. The highest BCUT2D eigenvalue weighted by Crippen LogP contribution is 2.27. The average molecular weight is 259 g/mol. The van der Waals surface area contributed by atoms with Crippen LogP contribution in [0.4, 0.5) is 5.69 Å². The van der Waals surface area contributed by atoms with Gasteiger partial charge in [0.2, 0.25) is 0 Å². The van der Waals surface area contributed by atoms with Crippen LogP contribution in [0, 0.1) is 12.8 Å². The second-order valence-corrected chi connectivity index (χ2v) is 5.99. The third kappa shape index (κ3) is 3.28. The lowest BCUT2D eigenvalue weighted by atomic mass is 9.84. The van der Waals surface area contributed by atoms with Crippen LogP contribution in [0.1, 0.15) is 18.4 Å². The summed E-state index contributed by atoms with van der Waals surface area (Å²) in [7, 11) is 0. The molecule has 3 heteroatoms. The summed E-state index contributed by atoms with van der Waals surface area (Å²) in [4.78, 5) is 2.60. The van der Waals surface area contributed by atoms with E-state index < -0.39 is 0 Å². The minimum atomic E-state index is 0.724. The predicted octanol–water partition coefficient (Wildman–Crippen LogP) is 2.09. The Hall–Kier alpha value is -1.06. The number of hydrogen-bond donors (Lipinski definition) is 2. The number of piperidine rings is 3. The molecular weight excluding hydrogens is 234 g/mol. The van der Waals surface area contributed by atoms with Crippen molar-refractivity contribution < 1.29 is 0 Å². The van der Waals surface area contributed by atoms with Crippen LogP contribution in [0.5, 0.6) is 0 Å². The van der Waals surface area contributed by atoms with Crippen molar-refractivity contribution in [1.29, 1.82) is 0 Å². The van der Waals surface area contributed by atoms with Crippen LogP contribution in [-0.4, -0.2) is 43.7 Å². The Labute approximate surface area is 116 Å². The molecule has 0 spiro atoms. The first-order chi connectivity index (χ1) is 9.31. The lowest BCUT2D eigenvalue weighted by Crippen LogP contribution is -2.56. The van der Waals surface area contributed by atoms with E-state index in [2.05, 4.69) is 46.7 Å². The van der Waals surface area contributed by atoms with Crippen molar-refractivity contribution in [1.82, 2.24) is 10.2 Å². The van der Waals surface area contributed by atoms with Crippen LogP contribution < -0.4 is 10.6 Å². The Morgan fingerprint density at radius 3 is 2.74 bits per heavy atom. The normalized spacial score (nSPS) is 29.4. The van der Waals surface area contributed by atoms with E-state index >= 15 is 0 Å². The van der Waals surface area contributed by atoms with Crippen molar-refractivity contribution in [2.45, 2.75) is 25.8 Å². The first-order valence-electron chi connectivity index (χ1n) is 7.57. The van der Waals surface area contributed by atoms with Gasteiger partial charge in [0.25, 0.3) is 0 Å². The molecule has 0 aromatic heterocycles. The lowest BCUT2D eigenvalue weighted by molar-refractivity contribution is 0.0735.